The summed E-state index contributed by atoms with van der Waals surface area (Å²) in [6.45, 7) is 3.24. The highest BCUT2D eigenvalue weighted by Gasteiger charge is 2.31. The van der Waals surface area contributed by atoms with E-state index in [4.69, 9.17) is 10.7 Å². The molecule has 0 amide bonds. The Balaban J connectivity index is 1.95. The van der Waals surface area contributed by atoms with Gasteiger partial charge in [0.05, 0.1) is 5.69 Å². The number of aryl methyl sites for hydroxylation is 1. The molecule has 2 unspecified atom stereocenters. The molecule has 0 aromatic carbocycles. The fourth-order valence-electron chi connectivity index (χ4n) is 2.61. The molecule has 0 bridgehead atoms. The monoisotopic (exact) mass is 205 g/mol. The molecule has 1 aromatic heterocycles. The fraction of sp³-hybridized carbons (Fsp3) is 0.750. The highest BCUT2D eigenvalue weighted by atomic mass is 15.1. The summed E-state index contributed by atoms with van der Waals surface area (Å²) in [6.07, 6.45) is 7.39. The van der Waals surface area contributed by atoms with Gasteiger partial charge in [-0.3, -0.25) is 0 Å². The summed E-state index contributed by atoms with van der Waals surface area (Å²) in [5, 5.41) is 0. The van der Waals surface area contributed by atoms with Crippen LogP contribution in [-0.2, 0) is 6.54 Å². The van der Waals surface area contributed by atoms with E-state index < -0.39 is 0 Å². The predicted molar refractivity (Wildman–Crippen MR) is 59.8 cm³/mol. The molecule has 0 radical (unpaired) electrons. The molecule has 1 aliphatic heterocycles. The number of imidazole rings is 1. The normalized spacial score (nSPS) is 27.5. The Bertz CT molecular complexity index is 363. The minimum Gasteiger partial charge on any atom is -0.334 e. The van der Waals surface area contributed by atoms with E-state index in [1.165, 1.54) is 37.2 Å². The lowest BCUT2D eigenvalue weighted by molar-refractivity contribution is 0.403. The molecule has 2 heterocycles. The summed E-state index contributed by atoms with van der Waals surface area (Å²) >= 11 is 0. The van der Waals surface area contributed by atoms with Gasteiger partial charge in [0.1, 0.15) is 5.82 Å². The Hall–Kier alpha value is -0.830. The zero-order valence-corrected chi connectivity index (χ0v) is 9.32. The summed E-state index contributed by atoms with van der Waals surface area (Å²) in [6, 6.07) is 0.235. The Morgan fingerprint density at radius 1 is 1.47 bits per heavy atom. The van der Waals surface area contributed by atoms with E-state index in [2.05, 4.69) is 17.7 Å². The molecular weight excluding hydrogens is 186 g/mol. The van der Waals surface area contributed by atoms with E-state index in [1.54, 1.807) is 0 Å². The average molecular weight is 205 g/mol. The largest absolute Gasteiger partial charge is 0.334 e. The van der Waals surface area contributed by atoms with Crippen LogP contribution in [0.5, 0.6) is 0 Å². The molecule has 3 rings (SSSR count). The minimum atomic E-state index is 0.235. The van der Waals surface area contributed by atoms with Crippen LogP contribution in [0.2, 0.25) is 0 Å². The van der Waals surface area contributed by atoms with Gasteiger partial charge in [-0.05, 0) is 32.6 Å². The first-order valence-electron chi connectivity index (χ1n) is 6.08. The number of aromatic nitrogens is 2. The second-order valence-corrected chi connectivity index (χ2v) is 5.10. The summed E-state index contributed by atoms with van der Waals surface area (Å²) in [5.41, 5.74) is 7.35. The second-order valence-electron chi connectivity index (χ2n) is 5.10. The van der Waals surface area contributed by atoms with Crippen molar-refractivity contribution in [2.45, 2.75) is 57.0 Å². The van der Waals surface area contributed by atoms with Gasteiger partial charge in [0, 0.05) is 30.6 Å². The van der Waals surface area contributed by atoms with Crippen molar-refractivity contribution in [3.63, 3.8) is 0 Å². The third-order valence-electron chi connectivity index (χ3n) is 3.70. The first-order chi connectivity index (χ1) is 7.25. The van der Waals surface area contributed by atoms with E-state index in [-0.39, 0.29) is 6.04 Å². The summed E-state index contributed by atoms with van der Waals surface area (Å²) < 4.78 is 2.34. The van der Waals surface area contributed by atoms with Crippen LogP contribution >= 0.6 is 0 Å². The van der Waals surface area contributed by atoms with Crippen LogP contribution in [0.1, 0.15) is 56.0 Å². The quantitative estimate of drug-likeness (QED) is 0.802. The van der Waals surface area contributed by atoms with Crippen molar-refractivity contribution in [3.05, 3.63) is 17.7 Å². The zero-order valence-electron chi connectivity index (χ0n) is 9.32. The van der Waals surface area contributed by atoms with E-state index in [0.717, 1.165) is 12.5 Å². The van der Waals surface area contributed by atoms with Gasteiger partial charge in [0.25, 0.3) is 0 Å². The molecule has 3 nitrogen and oxygen atoms in total. The second kappa shape index (κ2) is 3.34. The molecule has 2 atom stereocenters. The van der Waals surface area contributed by atoms with Gasteiger partial charge >= 0.3 is 0 Å². The smallest absolute Gasteiger partial charge is 0.113 e. The van der Waals surface area contributed by atoms with Crippen LogP contribution in [0, 0.1) is 0 Å². The van der Waals surface area contributed by atoms with Crippen molar-refractivity contribution >= 4 is 0 Å². The molecule has 15 heavy (non-hydrogen) atoms. The van der Waals surface area contributed by atoms with Gasteiger partial charge in [-0.1, -0.05) is 0 Å². The van der Waals surface area contributed by atoms with Crippen LogP contribution in [0.4, 0.5) is 0 Å². The molecule has 1 saturated carbocycles. The Kier molecular flexibility index (Phi) is 2.09. The zero-order chi connectivity index (χ0) is 10.4. The van der Waals surface area contributed by atoms with E-state index >= 15 is 0 Å². The first kappa shape index (κ1) is 9.40. The van der Waals surface area contributed by atoms with Crippen LogP contribution in [0.15, 0.2) is 6.20 Å². The summed E-state index contributed by atoms with van der Waals surface area (Å²) in [4.78, 5) is 4.80. The van der Waals surface area contributed by atoms with E-state index in [1.807, 2.05) is 0 Å². The van der Waals surface area contributed by atoms with Crippen LogP contribution < -0.4 is 5.73 Å². The lowest BCUT2D eigenvalue weighted by atomic mass is 9.93. The highest BCUT2D eigenvalue weighted by Crippen LogP contribution is 2.41. The van der Waals surface area contributed by atoms with Crippen molar-refractivity contribution in [1.29, 1.82) is 0 Å². The van der Waals surface area contributed by atoms with Crippen LogP contribution in [0.3, 0.4) is 0 Å². The number of hydrogen-bond acceptors (Lipinski definition) is 2. The predicted octanol–water partition coefficient (Wildman–Crippen LogP) is 1.99. The number of fused-ring (bicyclic) bond motifs is 1. The van der Waals surface area contributed by atoms with Crippen LogP contribution in [-0.4, -0.2) is 15.6 Å². The first-order valence-corrected chi connectivity index (χ1v) is 6.08. The van der Waals surface area contributed by atoms with Crippen LogP contribution in [0.25, 0.3) is 0 Å². The SMILES string of the molecule is CC(N)C1CCCn2cc(C3CC3)nc21. The Labute approximate surface area is 90.7 Å². The molecule has 1 fully saturated rings. The maximum Gasteiger partial charge on any atom is 0.113 e. The highest BCUT2D eigenvalue weighted by molar-refractivity contribution is 5.18. The van der Waals surface area contributed by atoms with Crippen molar-refractivity contribution in [1.82, 2.24) is 9.55 Å². The number of hydrogen-bond donors (Lipinski definition) is 1. The summed E-state index contributed by atoms with van der Waals surface area (Å²) in [7, 11) is 0. The average Bonchev–Trinajstić information content (AvgIpc) is 2.96. The van der Waals surface area contributed by atoms with Gasteiger partial charge in [0.15, 0.2) is 0 Å². The lowest BCUT2D eigenvalue weighted by Gasteiger charge is -2.25. The minimum absolute atomic E-state index is 0.235. The maximum atomic E-state index is 6.03. The topological polar surface area (TPSA) is 43.8 Å². The molecular formula is C12H19N3. The number of nitrogens with zero attached hydrogens (tertiary/aromatic N) is 2. The van der Waals surface area contributed by atoms with Gasteiger partial charge in [-0.2, -0.15) is 0 Å². The van der Waals surface area contributed by atoms with Crippen molar-refractivity contribution in [3.8, 4) is 0 Å². The number of rotatable bonds is 2. The third-order valence-corrected chi connectivity index (χ3v) is 3.70. The molecule has 1 aliphatic carbocycles. The van der Waals surface area contributed by atoms with Crippen molar-refractivity contribution in [2.24, 2.45) is 5.73 Å². The van der Waals surface area contributed by atoms with Crippen molar-refractivity contribution in [2.75, 3.05) is 0 Å². The summed E-state index contributed by atoms with van der Waals surface area (Å²) in [5.74, 6) is 2.49. The Morgan fingerprint density at radius 3 is 2.93 bits per heavy atom. The third kappa shape index (κ3) is 1.59. The number of nitrogens with two attached hydrogens (primary N) is 1. The molecule has 0 saturated heterocycles. The standard InChI is InChI=1S/C12H19N3/c1-8(13)10-3-2-6-15-7-11(9-4-5-9)14-12(10)15/h7-10H,2-6,13H2,1H3. The van der Waals surface area contributed by atoms with E-state index in [0.29, 0.717) is 5.92 Å². The fourth-order valence-corrected chi connectivity index (χ4v) is 2.61. The maximum absolute atomic E-state index is 6.03. The lowest BCUT2D eigenvalue weighted by Crippen LogP contribution is -2.30. The molecule has 2 aliphatic rings. The van der Waals surface area contributed by atoms with Gasteiger partial charge in [-0.15, -0.1) is 0 Å². The molecule has 0 spiro atoms. The van der Waals surface area contributed by atoms with Crippen molar-refractivity contribution < 1.29 is 0 Å². The molecule has 3 heteroatoms. The van der Waals surface area contributed by atoms with Gasteiger partial charge < -0.3 is 10.3 Å². The molecule has 2 N–H and O–H groups in total. The van der Waals surface area contributed by atoms with Gasteiger partial charge in [-0.25, -0.2) is 4.98 Å². The molecule has 1 aromatic rings. The Morgan fingerprint density at radius 2 is 2.27 bits per heavy atom. The van der Waals surface area contributed by atoms with E-state index in [9.17, 15) is 0 Å². The molecule has 82 valence electrons. The van der Waals surface area contributed by atoms with Gasteiger partial charge in [0.2, 0.25) is 0 Å².